The Kier molecular flexibility index (Phi) is 5.68. The van der Waals surface area contributed by atoms with Gasteiger partial charge in [0.15, 0.2) is 0 Å². The van der Waals surface area contributed by atoms with Gasteiger partial charge in [-0.05, 0) is 18.6 Å². The van der Waals surface area contributed by atoms with Crippen LogP contribution in [0.25, 0.3) is 0 Å². The minimum Gasteiger partial charge on any atom is -0.384 e. The molecule has 0 radical (unpaired) electrons. The highest BCUT2D eigenvalue weighted by atomic mass is 16.5. The number of rotatable bonds is 4. The van der Waals surface area contributed by atoms with Gasteiger partial charge in [-0.2, -0.15) is 0 Å². The number of amides is 2. The molecule has 0 atom stereocenters. The molecule has 114 valence electrons. The Morgan fingerprint density at radius 1 is 1.14 bits per heavy atom. The number of pyridine rings is 1. The molecule has 1 aromatic rings. The lowest BCUT2D eigenvalue weighted by Crippen LogP contribution is -2.37. The van der Waals surface area contributed by atoms with E-state index in [4.69, 9.17) is 4.74 Å². The van der Waals surface area contributed by atoms with Gasteiger partial charge in [-0.25, -0.2) is 0 Å². The first kappa shape index (κ1) is 15.4. The summed E-state index contributed by atoms with van der Waals surface area (Å²) >= 11 is 0. The van der Waals surface area contributed by atoms with Crippen LogP contribution in [-0.4, -0.2) is 66.5 Å². The predicted octanol–water partition coefficient (Wildman–Crippen LogP) is 0.793. The lowest BCUT2D eigenvalue weighted by Gasteiger charge is -2.22. The lowest BCUT2D eigenvalue weighted by atomic mass is 10.2. The van der Waals surface area contributed by atoms with Crippen molar-refractivity contribution in [2.75, 3.05) is 39.9 Å². The van der Waals surface area contributed by atoms with E-state index in [-0.39, 0.29) is 11.8 Å². The zero-order valence-corrected chi connectivity index (χ0v) is 12.3. The second-order valence-corrected chi connectivity index (χ2v) is 5.01. The van der Waals surface area contributed by atoms with Gasteiger partial charge >= 0.3 is 0 Å². The number of ether oxygens (including phenoxy) is 1. The highest BCUT2D eigenvalue weighted by Crippen LogP contribution is 2.09. The Bertz CT molecular complexity index is 478. The first-order valence-corrected chi connectivity index (χ1v) is 7.18. The Hall–Kier alpha value is -1.95. The van der Waals surface area contributed by atoms with Gasteiger partial charge in [0.1, 0.15) is 0 Å². The molecule has 0 saturated carbocycles. The fourth-order valence-corrected chi connectivity index (χ4v) is 2.39. The topological polar surface area (TPSA) is 62.7 Å². The van der Waals surface area contributed by atoms with E-state index in [2.05, 4.69) is 4.98 Å². The minimum absolute atomic E-state index is 0.00332. The van der Waals surface area contributed by atoms with Crippen molar-refractivity contribution in [1.82, 2.24) is 14.8 Å². The Morgan fingerprint density at radius 2 is 1.81 bits per heavy atom. The van der Waals surface area contributed by atoms with E-state index in [1.807, 2.05) is 4.90 Å². The summed E-state index contributed by atoms with van der Waals surface area (Å²) in [5.74, 6) is 0.0960. The maximum Gasteiger partial charge on any atom is 0.254 e. The fraction of sp³-hybridized carbons (Fsp3) is 0.533. The molecule has 0 N–H and O–H groups in total. The number of methoxy groups -OCH3 is 1. The van der Waals surface area contributed by atoms with Crippen molar-refractivity contribution in [2.24, 2.45) is 0 Å². The number of nitrogens with zero attached hydrogens (tertiary/aromatic N) is 3. The minimum atomic E-state index is 0.00332. The van der Waals surface area contributed by atoms with Crippen LogP contribution in [0.15, 0.2) is 24.5 Å². The van der Waals surface area contributed by atoms with Crippen LogP contribution in [-0.2, 0) is 9.53 Å². The predicted molar refractivity (Wildman–Crippen MR) is 77.8 cm³/mol. The maximum absolute atomic E-state index is 12.4. The molecule has 0 aliphatic carbocycles. The summed E-state index contributed by atoms with van der Waals surface area (Å²) in [7, 11) is 1.59. The van der Waals surface area contributed by atoms with E-state index in [1.165, 1.54) is 0 Å². The van der Waals surface area contributed by atoms with Crippen molar-refractivity contribution in [1.29, 1.82) is 0 Å². The molecule has 21 heavy (non-hydrogen) atoms. The number of aromatic nitrogens is 1. The molecule has 0 bridgehead atoms. The molecular formula is C15H21N3O3. The van der Waals surface area contributed by atoms with Gasteiger partial charge in [-0.3, -0.25) is 14.6 Å². The molecule has 6 nitrogen and oxygen atoms in total. The smallest absolute Gasteiger partial charge is 0.254 e. The summed E-state index contributed by atoms with van der Waals surface area (Å²) in [5, 5.41) is 0. The van der Waals surface area contributed by atoms with E-state index in [9.17, 15) is 9.59 Å². The first-order chi connectivity index (χ1) is 10.2. The van der Waals surface area contributed by atoms with Gasteiger partial charge in [0.05, 0.1) is 13.0 Å². The Balaban J connectivity index is 1.91. The zero-order chi connectivity index (χ0) is 15.1. The van der Waals surface area contributed by atoms with Gasteiger partial charge < -0.3 is 14.5 Å². The van der Waals surface area contributed by atoms with Crippen molar-refractivity contribution in [3.05, 3.63) is 30.1 Å². The van der Waals surface area contributed by atoms with E-state index in [0.29, 0.717) is 44.8 Å². The van der Waals surface area contributed by atoms with Crippen molar-refractivity contribution in [2.45, 2.75) is 12.8 Å². The molecule has 0 spiro atoms. The normalized spacial score (nSPS) is 15.7. The largest absolute Gasteiger partial charge is 0.384 e. The second kappa shape index (κ2) is 7.73. The number of carbonyl (C=O) groups is 2. The molecule has 0 aromatic carbocycles. The molecule has 1 aromatic heterocycles. The number of hydrogen-bond donors (Lipinski definition) is 0. The SMILES string of the molecule is COCCC(=O)N1CCCN(C(=O)c2ccncc2)CC1. The highest BCUT2D eigenvalue weighted by Gasteiger charge is 2.22. The maximum atomic E-state index is 12.4. The van der Waals surface area contributed by atoms with E-state index in [0.717, 1.165) is 6.42 Å². The van der Waals surface area contributed by atoms with Crippen molar-refractivity contribution >= 4 is 11.8 Å². The van der Waals surface area contributed by atoms with Crippen LogP contribution in [0.5, 0.6) is 0 Å². The van der Waals surface area contributed by atoms with Crippen LogP contribution in [0.3, 0.4) is 0 Å². The highest BCUT2D eigenvalue weighted by molar-refractivity contribution is 5.94. The van der Waals surface area contributed by atoms with Gasteiger partial charge in [-0.15, -0.1) is 0 Å². The van der Waals surface area contributed by atoms with Gasteiger partial charge in [0, 0.05) is 51.2 Å². The number of carbonyl (C=O) groups excluding carboxylic acids is 2. The lowest BCUT2D eigenvalue weighted by molar-refractivity contribution is -0.132. The third-order valence-corrected chi connectivity index (χ3v) is 3.58. The van der Waals surface area contributed by atoms with Crippen LogP contribution < -0.4 is 0 Å². The molecule has 1 fully saturated rings. The summed E-state index contributed by atoms with van der Waals surface area (Å²) in [6.45, 7) is 2.96. The Labute approximate surface area is 124 Å². The fourth-order valence-electron chi connectivity index (χ4n) is 2.39. The summed E-state index contributed by atoms with van der Waals surface area (Å²) in [4.78, 5) is 31.9. The van der Waals surface area contributed by atoms with Crippen LogP contribution in [0, 0.1) is 0 Å². The summed E-state index contributed by atoms with van der Waals surface area (Å²) < 4.78 is 4.93. The average molecular weight is 291 g/mol. The molecule has 2 rings (SSSR count). The second-order valence-electron chi connectivity index (χ2n) is 5.01. The molecular weight excluding hydrogens is 270 g/mol. The zero-order valence-electron chi connectivity index (χ0n) is 12.3. The molecule has 6 heteroatoms. The summed E-state index contributed by atoms with van der Waals surface area (Å²) in [6.07, 6.45) is 4.43. The van der Waals surface area contributed by atoms with E-state index in [1.54, 1.807) is 36.5 Å². The van der Waals surface area contributed by atoms with Crippen molar-refractivity contribution in [3.63, 3.8) is 0 Å². The monoisotopic (exact) mass is 291 g/mol. The Morgan fingerprint density at radius 3 is 2.52 bits per heavy atom. The summed E-state index contributed by atoms with van der Waals surface area (Å²) in [6, 6.07) is 3.43. The molecule has 1 aliphatic heterocycles. The molecule has 0 unspecified atom stereocenters. The van der Waals surface area contributed by atoms with Crippen LogP contribution in [0.1, 0.15) is 23.2 Å². The third-order valence-electron chi connectivity index (χ3n) is 3.58. The standard InChI is InChI=1S/C15H21N3O3/c1-21-12-5-14(19)17-8-2-9-18(11-10-17)15(20)13-3-6-16-7-4-13/h3-4,6-7H,2,5,8-12H2,1H3. The third kappa shape index (κ3) is 4.26. The summed E-state index contributed by atoms with van der Waals surface area (Å²) in [5.41, 5.74) is 0.643. The molecule has 2 heterocycles. The quantitative estimate of drug-likeness (QED) is 0.823. The van der Waals surface area contributed by atoms with E-state index >= 15 is 0 Å². The van der Waals surface area contributed by atoms with Gasteiger partial charge in [-0.1, -0.05) is 0 Å². The average Bonchev–Trinajstić information content (AvgIpc) is 2.79. The van der Waals surface area contributed by atoms with Crippen LogP contribution >= 0.6 is 0 Å². The van der Waals surface area contributed by atoms with Crippen molar-refractivity contribution < 1.29 is 14.3 Å². The molecule has 1 aliphatic rings. The molecule has 2 amide bonds. The van der Waals surface area contributed by atoms with Gasteiger partial charge in [0.25, 0.3) is 5.91 Å². The van der Waals surface area contributed by atoms with Crippen molar-refractivity contribution in [3.8, 4) is 0 Å². The first-order valence-electron chi connectivity index (χ1n) is 7.18. The number of hydrogen-bond acceptors (Lipinski definition) is 4. The van der Waals surface area contributed by atoms with E-state index < -0.39 is 0 Å². The van der Waals surface area contributed by atoms with Gasteiger partial charge in [0.2, 0.25) is 5.91 Å². The molecule has 1 saturated heterocycles. The van der Waals surface area contributed by atoms with Crippen LogP contribution in [0.4, 0.5) is 0 Å². The van der Waals surface area contributed by atoms with Crippen LogP contribution in [0.2, 0.25) is 0 Å².